The summed E-state index contributed by atoms with van der Waals surface area (Å²) in [7, 11) is 5.49. The van der Waals surface area contributed by atoms with Crippen molar-refractivity contribution in [1.29, 1.82) is 0 Å². The Morgan fingerprint density at radius 3 is 2.51 bits per heavy atom. The third-order valence-electron chi connectivity index (χ3n) is 6.31. The Hall–Kier alpha value is -3.58. The maximum Gasteiger partial charge on any atom is 0.290 e. The van der Waals surface area contributed by atoms with Crippen LogP contribution in [0, 0.1) is 0 Å². The molecular formula is C30H38N2O5. The van der Waals surface area contributed by atoms with E-state index in [4.69, 9.17) is 9.47 Å². The zero-order valence-corrected chi connectivity index (χ0v) is 22.3. The third-order valence-corrected chi connectivity index (χ3v) is 6.31. The van der Waals surface area contributed by atoms with Crippen molar-refractivity contribution in [2.75, 3.05) is 40.9 Å². The average Bonchev–Trinajstić information content (AvgIpc) is 3.15. The SMILES string of the molecule is CCCCCOc1ccc(C2C(C(=O)/C=C/c3ccccc3)=C(O)C(=O)N2CCCN(C)C)cc1OC. The number of aliphatic hydroxyl groups excluding tert-OH is 1. The van der Waals surface area contributed by atoms with Crippen LogP contribution in [-0.4, -0.2) is 67.5 Å². The van der Waals surface area contributed by atoms with Crippen LogP contribution in [0.3, 0.4) is 0 Å². The Morgan fingerprint density at radius 2 is 1.84 bits per heavy atom. The second kappa shape index (κ2) is 13.7. The number of nitrogens with zero attached hydrogens (tertiary/aromatic N) is 2. The molecule has 0 aliphatic carbocycles. The minimum Gasteiger partial charge on any atom is -0.503 e. The number of unbranched alkanes of at least 4 members (excludes halogenated alkanes) is 2. The van der Waals surface area contributed by atoms with Gasteiger partial charge in [-0.1, -0.05) is 62.2 Å². The minimum absolute atomic E-state index is 0.0701. The summed E-state index contributed by atoms with van der Waals surface area (Å²) >= 11 is 0. The van der Waals surface area contributed by atoms with Gasteiger partial charge in [0.25, 0.3) is 5.91 Å². The van der Waals surface area contributed by atoms with Crippen molar-refractivity contribution in [3.63, 3.8) is 0 Å². The fourth-order valence-corrected chi connectivity index (χ4v) is 4.37. The zero-order valence-electron chi connectivity index (χ0n) is 22.3. The van der Waals surface area contributed by atoms with Crippen LogP contribution in [0.1, 0.15) is 49.8 Å². The minimum atomic E-state index is -0.731. The number of ether oxygens (including phenoxy) is 2. The molecule has 0 radical (unpaired) electrons. The van der Waals surface area contributed by atoms with E-state index in [0.717, 1.165) is 31.4 Å². The molecule has 0 fully saturated rings. The Bertz CT molecular complexity index is 1120. The van der Waals surface area contributed by atoms with E-state index in [9.17, 15) is 14.7 Å². The number of methoxy groups -OCH3 is 1. The Labute approximate surface area is 220 Å². The van der Waals surface area contributed by atoms with Crippen LogP contribution in [-0.2, 0) is 9.59 Å². The van der Waals surface area contributed by atoms with Crippen LogP contribution in [0.4, 0.5) is 0 Å². The van der Waals surface area contributed by atoms with Crippen LogP contribution < -0.4 is 9.47 Å². The zero-order chi connectivity index (χ0) is 26.8. The number of hydrogen-bond acceptors (Lipinski definition) is 6. The lowest BCUT2D eigenvalue weighted by Crippen LogP contribution is -2.33. The van der Waals surface area contributed by atoms with Crippen molar-refractivity contribution in [2.45, 2.75) is 38.6 Å². The van der Waals surface area contributed by atoms with Gasteiger partial charge in [0.1, 0.15) is 0 Å². The van der Waals surface area contributed by atoms with Gasteiger partial charge in [-0.25, -0.2) is 0 Å². The molecule has 37 heavy (non-hydrogen) atoms. The molecule has 2 aromatic carbocycles. The standard InChI is InChI=1S/C30H38N2O5/c1-5-6-10-20-37-25-17-15-23(21-26(25)36-4)28-27(24(33)16-14-22-12-8-7-9-13-22)29(34)30(35)32(28)19-11-18-31(2)3/h7-9,12-17,21,28,34H,5-6,10-11,18-20H2,1-4H3/b16-14+. The summed E-state index contributed by atoms with van der Waals surface area (Å²) in [6, 6.07) is 14.1. The number of carbonyl (C=O) groups is 2. The molecule has 0 saturated carbocycles. The number of amides is 1. The molecule has 3 rings (SSSR count). The van der Waals surface area contributed by atoms with Gasteiger partial charge < -0.3 is 24.4 Å². The number of rotatable bonds is 14. The van der Waals surface area contributed by atoms with Crippen LogP contribution in [0.25, 0.3) is 6.08 Å². The van der Waals surface area contributed by atoms with Crippen molar-refractivity contribution in [3.05, 3.63) is 77.1 Å². The van der Waals surface area contributed by atoms with E-state index in [1.165, 1.54) is 6.08 Å². The highest BCUT2D eigenvalue weighted by Crippen LogP contribution is 2.41. The first-order valence-corrected chi connectivity index (χ1v) is 12.8. The lowest BCUT2D eigenvalue weighted by Gasteiger charge is -2.27. The van der Waals surface area contributed by atoms with E-state index in [2.05, 4.69) is 6.92 Å². The van der Waals surface area contributed by atoms with Gasteiger partial charge in [-0.15, -0.1) is 0 Å². The Morgan fingerprint density at radius 1 is 1.08 bits per heavy atom. The second-order valence-electron chi connectivity index (χ2n) is 9.39. The predicted octanol–water partition coefficient (Wildman–Crippen LogP) is 5.19. The van der Waals surface area contributed by atoms with Gasteiger partial charge in [0.2, 0.25) is 0 Å². The third kappa shape index (κ3) is 7.23. The molecule has 7 nitrogen and oxygen atoms in total. The first-order chi connectivity index (χ1) is 17.9. The summed E-state index contributed by atoms with van der Waals surface area (Å²) in [5, 5.41) is 10.9. The molecule has 1 aliphatic rings. The van der Waals surface area contributed by atoms with Gasteiger partial charge >= 0.3 is 0 Å². The van der Waals surface area contributed by atoms with Crippen molar-refractivity contribution in [3.8, 4) is 11.5 Å². The van der Waals surface area contributed by atoms with Crippen molar-refractivity contribution < 1.29 is 24.2 Å². The Balaban J connectivity index is 1.94. The second-order valence-corrected chi connectivity index (χ2v) is 9.39. The normalized spacial score (nSPS) is 15.8. The van der Waals surface area contributed by atoms with Crippen LogP contribution >= 0.6 is 0 Å². The Kier molecular flexibility index (Phi) is 10.3. The molecule has 2 aromatic rings. The van der Waals surface area contributed by atoms with Gasteiger partial charge in [-0.05, 0) is 62.8 Å². The van der Waals surface area contributed by atoms with Crippen molar-refractivity contribution >= 4 is 17.8 Å². The summed E-state index contributed by atoms with van der Waals surface area (Å²) in [5.74, 6) is -0.326. The highest BCUT2D eigenvalue weighted by atomic mass is 16.5. The molecular weight excluding hydrogens is 468 g/mol. The highest BCUT2D eigenvalue weighted by Gasteiger charge is 2.42. The molecule has 0 saturated heterocycles. The number of ketones is 1. The number of carbonyl (C=O) groups excluding carboxylic acids is 2. The topological polar surface area (TPSA) is 79.3 Å². The summed E-state index contributed by atoms with van der Waals surface area (Å²) < 4.78 is 11.5. The highest BCUT2D eigenvalue weighted by molar-refractivity contribution is 6.14. The van der Waals surface area contributed by atoms with E-state index in [-0.39, 0.29) is 5.57 Å². The first-order valence-electron chi connectivity index (χ1n) is 12.8. The molecule has 7 heteroatoms. The molecule has 1 N–H and O–H groups in total. The van der Waals surface area contributed by atoms with E-state index in [0.29, 0.717) is 36.6 Å². The lowest BCUT2D eigenvalue weighted by atomic mass is 9.95. The fraction of sp³-hybridized carbons (Fsp3) is 0.400. The quantitative estimate of drug-likeness (QED) is 0.281. The van der Waals surface area contributed by atoms with Crippen LogP contribution in [0.5, 0.6) is 11.5 Å². The number of hydrogen-bond donors (Lipinski definition) is 1. The molecule has 1 heterocycles. The van der Waals surface area contributed by atoms with E-state index in [1.807, 2.05) is 55.4 Å². The molecule has 198 valence electrons. The maximum absolute atomic E-state index is 13.4. The molecule has 1 unspecified atom stereocenters. The monoisotopic (exact) mass is 506 g/mol. The van der Waals surface area contributed by atoms with Gasteiger partial charge in [-0.3, -0.25) is 9.59 Å². The van der Waals surface area contributed by atoms with E-state index >= 15 is 0 Å². The van der Waals surface area contributed by atoms with Gasteiger partial charge in [0, 0.05) is 6.54 Å². The summed E-state index contributed by atoms with van der Waals surface area (Å²) in [5.41, 5.74) is 1.60. The summed E-state index contributed by atoms with van der Waals surface area (Å²) in [4.78, 5) is 30.1. The number of allylic oxidation sites excluding steroid dienone is 1. The summed E-state index contributed by atoms with van der Waals surface area (Å²) in [6.07, 6.45) is 6.92. The summed E-state index contributed by atoms with van der Waals surface area (Å²) in [6.45, 7) is 3.88. The van der Waals surface area contributed by atoms with Gasteiger partial charge in [-0.2, -0.15) is 0 Å². The molecule has 1 amide bonds. The van der Waals surface area contributed by atoms with Crippen LogP contribution in [0.15, 0.2) is 65.9 Å². The van der Waals surface area contributed by atoms with E-state index in [1.54, 1.807) is 30.2 Å². The first kappa shape index (κ1) is 28.0. The number of aliphatic hydroxyl groups is 1. The smallest absolute Gasteiger partial charge is 0.290 e. The van der Waals surface area contributed by atoms with Gasteiger partial charge in [0.05, 0.1) is 25.3 Å². The fourth-order valence-electron chi connectivity index (χ4n) is 4.37. The van der Waals surface area contributed by atoms with Crippen LogP contribution in [0.2, 0.25) is 0 Å². The van der Waals surface area contributed by atoms with Gasteiger partial charge in [0.15, 0.2) is 23.0 Å². The largest absolute Gasteiger partial charge is 0.503 e. The van der Waals surface area contributed by atoms with Crippen molar-refractivity contribution in [1.82, 2.24) is 9.80 Å². The molecule has 1 atom stereocenters. The molecule has 0 bridgehead atoms. The van der Waals surface area contributed by atoms with Crippen molar-refractivity contribution in [2.24, 2.45) is 0 Å². The molecule has 1 aliphatic heterocycles. The maximum atomic E-state index is 13.4. The average molecular weight is 507 g/mol. The predicted molar refractivity (Wildman–Crippen MR) is 146 cm³/mol. The van der Waals surface area contributed by atoms with E-state index < -0.39 is 23.5 Å². The lowest BCUT2D eigenvalue weighted by molar-refractivity contribution is -0.129. The number of benzene rings is 2. The molecule has 0 spiro atoms. The molecule has 0 aromatic heterocycles.